The van der Waals surface area contributed by atoms with Gasteiger partial charge >= 0.3 is 5.97 Å². The summed E-state index contributed by atoms with van der Waals surface area (Å²) in [5, 5.41) is 13.1. The Morgan fingerprint density at radius 1 is 1.24 bits per heavy atom. The molecule has 3 rings (SSSR count). The van der Waals surface area contributed by atoms with E-state index in [9.17, 15) is 24.3 Å². The highest BCUT2D eigenvalue weighted by Gasteiger charge is 2.75. The molecule has 41 heavy (non-hydrogen) atoms. The van der Waals surface area contributed by atoms with E-state index in [4.69, 9.17) is 9.47 Å². The molecule has 3 heterocycles. The molecule has 2 bridgehead atoms. The predicted octanol–water partition coefficient (Wildman–Crippen LogP) is 2.60. The second-order valence-electron chi connectivity index (χ2n) is 12.1. The van der Waals surface area contributed by atoms with E-state index in [0.717, 1.165) is 12.8 Å². The molecule has 3 aliphatic heterocycles. The topological polar surface area (TPSA) is 125 Å². The van der Waals surface area contributed by atoms with E-state index in [1.54, 1.807) is 24.0 Å². The molecule has 10 nitrogen and oxygen atoms in total. The zero-order valence-electron chi connectivity index (χ0n) is 25.3. The van der Waals surface area contributed by atoms with E-state index in [1.165, 1.54) is 4.90 Å². The summed E-state index contributed by atoms with van der Waals surface area (Å²) in [5.41, 5.74) is -1.18. The standard InChI is InChI=1S/C31H49N3O7/c1-8-11-13-24(36)32-17-21(7)40-30(39)25-23-14-15-31(41-23)26(25)28(37)34(22(18-35)19(4)5)27(31)29(38)33(16-10-3)20(6)12-9-2/h8,10,19-23,25-27,35H,1,3,9,11-18H2,2,4-7H3,(H,32,36)/t20?,21-,22+,23-,25+,26+,27-,31+/m1/s1. The molecule has 0 saturated carbocycles. The smallest absolute Gasteiger partial charge is 0.312 e. The molecule has 1 unspecified atom stereocenters. The molecule has 3 saturated heterocycles. The molecule has 0 aromatic carbocycles. The lowest BCUT2D eigenvalue weighted by atomic mass is 9.70. The van der Waals surface area contributed by atoms with Crippen LogP contribution >= 0.6 is 0 Å². The van der Waals surface area contributed by atoms with Gasteiger partial charge in [0.15, 0.2) is 0 Å². The Kier molecular flexibility index (Phi) is 11.2. The van der Waals surface area contributed by atoms with Crippen molar-refractivity contribution in [2.45, 2.75) is 109 Å². The molecule has 10 heteroatoms. The molecule has 3 fully saturated rings. The van der Waals surface area contributed by atoms with Crippen LogP contribution in [0.4, 0.5) is 0 Å². The number of nitrogens with one attached hydrogen (secondary N) is 1. The van der Waals surface area contributed by atoms with Crippen LogP contribution in [0.2, 0.25) is 0 Å². The summed E-state index contributed by atoms with van der Waals surface area (Å²) in [7, 11) is 0. The number of carbonyl (C=O) groups excluding carboxylic acids is 4. The van der Waals surface area contributed by atoms with E-state index in [1.807, 2.05) is 20.8 Å². The van der Waals surface area contributed by atoms with Crippen LogP contribution in [0.5, 0.6) is 0 Å². The minimum absolute atomic E-state index is 0.0913. The van der Waals surface area contributed by atoms with Gasteiger partial charge in [-0.3, -0.25) is 19.2 Å². The van der Waals surface area contributed by atoms with E-state index < -0.39 is 47.7 Å². The molecule has 3 amide bonds. The minimum Gasteiger partial charge on any atom is -0.460 e. The molecule has 1 spiro atoms. The number of rotatable bonds is 16. The van der Waals surface area contributed by atoms with Gasteiger partial charge in [0.05, 0.1) is 37.1 Å². The first-order valence-corrected chi connectivity index (χ1v) is 15.1. The molecule has 230 valence electrons. The van der Waals surface area contributed by atoms with Crippen LogP contribution in [0.15, 0.2) is 25.3 Å². The number of esters is 1. The molecule has 0 aromatic rings. The Labute approximate surface area is 244 Å². The third kappa shape index (κ3) is 6.38. The number of aliphatic hydroxyl groups is 1. The number of allylic oxidation sites excluding steroid dienone is 1. The molecule has 2 N–H and O–H groups in total. The number of nitrogens with zero attached hydrogens (tertiary/aromatic N) is 2. The Morgan fingerprint density at radius 3 is 2.54 bits per heavy atom. The fourth-order valence-corrected chi connectivity index (χ4v) is 6.87. The second kappa shape index (κ2) is 14.0. The van der Waals surface area contributed by atoms with Crippen molar-refractivity contribution in [2.24, 2.45) is 17.8 Å². The Hall–Kier alpha value is -2.72. The molecule has 0 aliphatic carbocycles. The van der Waals surface area contributed by atoms with Gasteiger partial charge in [-0.05, 0) is 45.4 Å². The highest BCUT2D eigenvalue weighted by Crippen LogP contribution is 2.59. The minimum atomic E-state index is -1.18. The monoisotopic (exact) mass is 575 g/mol. The van der Waals surface area contributed by atoms with Gasteiger partial charge in [0, 0.05) is 19.0 Å². The zero-order chi connectivity index (χ0) is 30.5. The number of hydrogen-bond donors (Lipinski definition) is 2. The zero-order valence-corrected chi connectivity index (χ0v) is 25.3. The van der Waals surface area contributed by atoms with Gasteiger partial charge in [-0.25, -0.2) is 0 Å². The maximum absolute atomic E-state index is 14.4. The number of likely N-dealkylation sites (tertiary alicyclic amines) is 1. The van der Waals surface area contributed by atoms with Crippen LogP contribution in [0.1, 0.15) is 73.1 Å². The highest BCUT2D eigenvalue weighted by atomic mass is 16.6. The SMILES string of the molecule is C=CCCC(=O)NC[C@@H](C)OC(=O)[C@@H]1[C@H]2C(=O)N([C@@H](CO)C(C)C)[C@H](C(=O)N(CC=C)C(C)CCC)[C@]23CC[C@H]1O3. The van der Waals surface area contributed by atoms with Crippen LogP contribution < -0.4 is 5.32 Å². The Bertz CT molecular complexity index is 1000. The third-order valence-corrected chi connectivity index (χ3v) is 8.88. The summed E-state index contributed by atoms with van der Waals surface area (Å²) >= 11 is 0. The van der Waals surface area contributed by atoms with Crippen LogP contribution in [0.3, 0.4) is 0 Å². The summed E-state index contributed by atoms with van der Waals surface area (Å²) in [4.78, 5) is 57.5. The summed E-state index contributed by atoms with van der Waals surface area (Å²) in [6.07, 6.45) is 5.67. The van der Waals surface area contributed by atoms with Gasteiger partial charge in [0.25, 0.3) is 0 Å². The molecule has 0 aromatic heterocycles. The van der Waals surface area contributed by atoms with Crippen molar-refractivity contribution in [3.63, 3.8) is 0 Å². The first-order chi connectivity index (χ1) is 19.5. The quantitative estimate of drug-likeness (QED) is 0.214. The van der Waals surface area contributed by atoms with E-state index in [2.05, 4.69) is 25.4 Å². The molecular formula is C31H49N3O7. The number of ether oxygens (including phenoxy) is 2. The van der Waals surface area contributed by atoms with Crippen molar-refractivity contribution in [3.05, 3.63) is 25.3 Å². The molecule has 0 radical (unpaired) electrons. The van der Waals surface area contributed by atoms with Crippen molar-refractivity contribution in [3.8, 4) is 0 Å². The third-order valence-electron chi connectivity index (χ3n) is 8.88. The van der Waals surface area contributed by atoms with Gasteiger partial charge < -0.3 is 29.7 Å². The molecule has 8 atom stereocenters. The van der Waals surface area contributed by atoms with Crippen molar-refractivity contribution in [1.82, 2.24) is 15.1 Å². The molecule has 3 aliphatic rings. The second-order valence-corrected chi connectivity index (χ2v) is 12.1. The largest absolute Gasteiger partial charge is 0.460 e. The maximum Gasteiger partial charge on any atom is 0.312 e. The van der Waals surface area contributed by atoms with E-state index in [-0.39, 0.29) is 42.8 Å². The summed E-state index contributed by atoms with van der Waals surface area (Å²) in [6.45, 7) is 17.1. The first kappa shape index (κ1) is 32.8. The van der Waals surface area contributed by atoms with Gasteiger partial charge in [-0.15, -0.1) is 13.2 Å². The first-order valence-electron chi connectivity index (χ1n) is 15.1. The number of amides is 3. The number of aliphatic hydroxyl groups excluding tert-OH is 1. The van der Waals surface area contributed by atoms with Crippen LogP contribution in [-0.4, -0.2) is 94.2 Å². The van der Waals surface area contributed by atoms with Crippen LogP contribution in [0, 0.1) is 17.8 Å². The fraction of sp³-hybridized carbons (Fsp3) is 0.742. The maximum atomic E-state index is 14.4. The lowest BCUT2D eigenvalue weighted by molar-refractivity contribution is -0.160. The van der Waals surface area contributed by atoms with Gasteiger partial charge in [-0.2, -0.15) is 0 Å². The Balaban J connectivity index is 1.92. The predicted molar refractivity (Wildman–Crippen MR) is 154 cm³/mol. The van der Waals surface area contributed by atoms with E-state index in [0.29, 0.717) is 32.2 Å². The summed E-state index contributed by atoms with van der Waals surface area (Å²) in [6, 6.07) is -1.68. The van der Waals surface area contributed by atoms with Crippen molar-refractivity contribution in [2.75, 3.05) is 19.7 Å². The average molecular weight is 576 g/mol. The average Bonchev–Trinajstić information content (AvgIpc) is 3.57. The normalized spacial score (nSPS) is 28.7. The molecular weight excluding hydrogens is 526 g/mol. The number of hydrogen-bond acceptors (Lipinski definition) is 7. The van der Waals surface area contributed by atoms with E-state index >= 15 is 0 Å². The number of fused-ring (bicyclic) bond motifs is 1. The van der Waals surface area contributed by atoms with Crippen LogP contribution in [0.25, 0.3) is 0 Å². The van der Waals surface area contributed by atoms with Crippen molar-refractivity contribution in [1.29, 1.82) is 0 Å². The van der Waals surface area contributed by atoms with Gasteiger partial charge in [0.1, 0.15) is 17.7 Å². The summed E-state index contributed by atoms with van der Waals surface area (Å²) < 4.78 is 12.3. The summed E-state index contributed by atoms with van der Waals surface area (Å²) in [5.74, 6) is -3.23. The van der Waals surface area contributed by atoms with Crippen LogP contribution in [-0.2, 0) is 28.7 Å². The Morgan fingerprint density at radius 2 is 1.95 bits per heavy atom. The number of carbonyl (C=O) groups is 4. The van der Waals surface area contributed by atoms with Crippen molar-refractivity contribution < 1.29 is 33.8 Å². The lowest BCUT2D eigenvalue weighted by Gasteiger charge is -2.41. The lowest BCUT2D eigenvalue weighted by Crippen LogP contribution is -2.60. The fourth-order valence-electron chi connectivity index (χ4n) is 6.87. The van der Waals surface area contributed by atoms with Gasteiger partial charge in [0.2, 0.25) is 17.7 Å². The van der Waals surface area contributed by atoms with Gasteiger partial charge in [-0.1, -0.05) is 39.3 Å². The highest BCUT2D eigenvalue weighted by molar-refractivity contribution is 5.98. The van der Waals surface area contributed by atoms with Crippen molar-refractivity contribution >= 4 is 23.7 Å².